The molecular formula is C11H17N3O. The normalized spacial score (nSPS) is 21.7. The summed E-state index contributed by atoms with van der Waals surface area (Å²) >= 11 is 0. The summed E-state index contributed by atoms with van der Waals surface area (Å²) in [5, 5.41) is 9.14. The largest absolute Gasteiger partial charge is 0.396 e. The molecule has 3 N–H and O–H groups in total. The maximum Gasteiger partial charge on any atom is 0.130 e. The number of hydrogen-bond donors (Lipinski definition) is 2. The van der Waals surface area contributed by atoms with E-state index in [1.165, 1.54) is 0 Å². The summed E-state index contributed by atoms with van der Waals surface area (Å²) in [5.41, 5.74) is 5.65. The number of aliphatic hydroxyl groups is 1. The van der Waals surface area contributed by atoms with Gasteiger partial charge in [0.05, 0.1) is 0 Å². The lowest BCUT2D eigenvalue weighted by Gasteiger charge is -2.32. The quantitative estimate of drug-likeness (QED) is 0.755. The van der Waals surface area contributed by atoms with Crippen LogP contribution in [0.25, 0.3) is 0 Å². The average Bonchev–Trinajstić information content (AvgIpc) is 2.29. The number of nitrogen functional groups attached to an aromatic ring is 1. The number of aliphatic hydroxyl groups excluding tert-OH is 1. The van der Waals surface area contributed by atoms with Crippen LogP contribution in [0.5, 0.6) is 0 Å². The van der Waals surface area contributed by atoms with Gasteiger partial charge in [0.15, 0.2) is 0 Å². The summed E-state index contributed by atoms with van der Waals surface area (Å²) in [6.45, 7) is 2.15. The van der Waals surface area contributed by atoms with Gasteiger partial charge in [-0.2, -0.15) is 0 Å². The van der Waals surface area contributed by atoms with Crippen molar-refractivity contribution >= 4 is 11.6 Å². The third-order valence-electron chi connectivity index (χ3n) is 2.86. The molecule has 0 bridgehead atoms. The second-order valence-corrected chi connectivity index (χ2v) is 4.06. The molecule has 1 aromatic heterocycles. The topological polar surface area (TPSA) is 62.4 Å². The first-order valence-electron chi connectivity index (χ1n) is 5.38. The van der Waals surface area contributed by atoms with Gasteiger partial charge in [-0.3, -0.25) is 0 Å². The van der Waals surface area contributed by atoms with Crippen molar-refractivity contribution in [1.82, 2.24) is 4.98 Å². The van der Waals surface area contributed by atoms with Gasteiger partial charge in [-0.05, 0) is 30.9 Å². The Hall–Kier alpha value is -1.29. The molecule has 1 fully saturated rings. The predicted octanol–water partition coefficient (Wildman–Crippen LogP) is 0.872. The van der Waals surface area contributed by atoms with E-state index in [4.69, 9.17) is 10.8 Å². The lowest BCUT2D eigenvalue weighted by Crippen LogP contribution is -2.37. The molecule has 1 unspecified atom stereocenters. The molecule has 1 aliphatic heterocycles. The third kappa shape index (κ3) is 2.39. The molecule has 1 saturated heterocycles. The Labute approximate surface area is 89.7 Å². The maximum atomic E-state index is 9.14. The third-order valence-corrected chi connectivity index (χ3v) is 2.86. The van der Waals surface area contributed by atoms with Gasteiger partial charge in [0.25, 0.3) is 0 Å². The van der Waals surface area contributed by atoms with Crippen LogP contribution >= 0.6 is 0 Å². The van der Waals surface area contributed by atoms with E-state index < -0.39 is 0 Å². The van der Waals surface area contributed by atoms with Crippen molar-refractivity contribution in [2.45, 2.75) is 12.8 Å². The summed E-state index contributed by atoms with van der Waals surface area (Å²) in [5.74, 6) is 1.86. The first-order valence-corrected chi connectivity index (χ1v) is 5.38. The summed E-state index contributed by atoms with van der Waals surface area (Å²) in [4.78, 5) is 6.48. The first-order chi connectivity index (χ1) is 7.29. The van der Waals surface area contributed by atoms with Crippen molar-refractivity contribution in [2.24, 2.45) is 5.92 Å². The number of nitrogens with zero attached hydrogens (tertiary/aromatic N) is 2. The highest BCUT2D eigenvalue weighted by Crippen LogP contribution is 2.21. The van der Waals surface area contributed by atoms with Gasteiger partial charge in [-0.1, -0.05) is 6.07 Å². The summed E-state index contributed by atoms with van der Waals surface area (Å²) < 4.78 is 0. The SMILES string of the molecule is Nc1cccc(N2CCCC(CO)C2)n1. The Balaban J connectivity index is 2.09. The van der Waals surface area contributed by atoms with Crippen LogP contribution in [0.2, 0.25) is 0 Å². The Morgan fingerprint density at radius 1 is 1.53 bits per heavy atom. The van der Waals surface area contributed by atoms with E-state index in [0.29, 0.717) is 11.7 Å². The van der Waals surface area contributed by atoms with Crippen molar-refractivity contribution < 1.29 is 5.11 Å². The molecule has 2 rings (SSSR count). The molecule has 1 aliphatic rings. The number of pyridine rings is 1. The minimum absolute atomic E-state index is 0.263. The molecule has 1 aromatic rings. The van der Waals surface area contributed by atoms with Gasteiger partial charge in [0, 0.05) is 19.7 Å². The van der Waals surface area contributed by atoms with Crippen LogP contribution in [0.4, 0.5) is 11.6 Å². The molecular weight excluding hydrogens is 190 g/mol. The highest BCUT2D eigenvalue weighted by molar-refractivity contribution is 5.45. The Morgan fingerprint density at radius 2 is 2.40 bits per heavy atom. The first kappa shape index (κ1) is 10.2. The van der Waals surface area contributed by atoms with Gasteiger partial charge in [-0.15, -0.1) is 0 Å². The Morgan fingerprint density at radius 3 is 3.13 bits per heavy atom. The minimum atomic E-state index is 0.263. The Bertz CT molecular complexity index is 329. The molecule has 0 aromatic carbocycles. The van der Waals surface area contributed by atoms with Crippen LogP contribution in [0.1, 0.15) is 12.8 Å². The molecule has 82 valence electrons. The minimum Gasteiger partial charge on any atom is -0.396 e. The zero-order chi connectivity index (χ0) is 10.7. The lowest BCUT2D eigenvalue weighted by atomic mass is 9.99. The highest BCUT2D eigenvalue weighted by Gasteiger charge is 2.19. The molecule has 2 heterocycles. The number of aromatic nitrogens is 1. The number of hydrogen-bond acceptors (Lipinski definition) is 4. The predicted molar refractivity (Wildman–Crippen MR) is 60.7 cm³/mol. The van der Waals surface area contributed by atoms with E-state index in [-0.39, 0.29) is 6.61 Å². The number of piperidine rings is 1. The van der Waals surface area contributed by atoms with E-state index in [1.807, 2.05) is 12.1 Å². The van der Waals surface area contributed by atoms with Crippen LogP contribution < -0.4 is 10.6 Å². The van der Waals surface area contributed by atoms with E-state index in [1.54, 1.807) is 6.07 Å². The average molecular weight is 207 g/mol. The highest BCUT2D eigenvalue weighted by atomic mass is 16.3. The van der Waals surface area contributed by atoms with Crippen molar-refractivity contribution in [3.05, 3.63) is 18.2 Å². The van der Waals surface area contributed by atoms with Gasteiger partial charge < -0.3 is 15.7 Å². The van der Waals surface area contributed by atoms with Crippen molar-refractivity contribution in [2.75, 3.05) is 30.3 Å². The fourth-order valence-corrected chi connectivity index (χ4v) is 2.04. The molecule has 15 heavy (non-hydrogen) atoms. The molecule has 4 heteroatoms. The molecule has 0 saturated carbocycles. The van der Waals surface area contributed by atoms with E-state index >= 15 is 0 Å². The van der Waals surface area contributed by atoms with Crippen molar-refractivity contribution in [3.63, 3.8) is 0 Å². The summed E-state index contributed by atoms with van der Waals surface area (Å²) in [6.07, 6.45) is 2.22. The monoisotopic (exact) mass is 207 g/mol. The molecule has 1 atom stereocenters. The summed E-state index contributed by atoms with van der Waals surface area (Å²) in [6, 6.07) is 5.67. The zero-order valence-corrected chi connectivity index (χ0v) is 8.76. The van der Waals surface area contributed by atoms with Crippen LogP contribution in [0.15, 0.2) is 18.2 Å². The Kier molecular flexibility index (Phi) is 3.06. The van der Waals surface area contributed by atoms with Crippen LogP contribution in [-0.2, 0) is 0 Å². The number of anilines is 2. The van der Waals surface area contributed by atoms with E-state index in [0.717, 1.165) is 31.7 Å². The zero-order valence-electron chi connectivity index (χ0n) is 8.76. The lowest BCUT2D eigenvalue weighted by molar-refractivity contribution is 0.208. The van der Waals surface area contributed by atoms with Gasteiger partial charge in [-0.25, -0.2) is 4.98 Å². The van der Waals surface area contributed by atoms with Gasteiger partial charge in [0.2, 0.25) is 0 Å². The van der Waals surface area contributed by atoms with E-state index in [2.05, 4.69) is 9.88 Å². The molecule has 4 nitrogen and oxygen atoms in total. The van der Waals surface area contributed by atoms with Crippen LogP contribution in [0, 0.1) is 5.92 Å². The molecule has 0 spiro atoms. The van der Waals surface area contributed by atoms with Gasteiger partial charge >= 0.3 is 0 Å². The molecule has 0 amide bonds. The standard InChI is InChI=1S/C11H17N3O/c12-10-4-1-5-11(13-10)14-6-2-3-9(7-14)8-15/h1,4-5,9,15H,2-3,6-8H2,(H2,12,13). The maximum absolute atomic E-state index is 9.14. The van der Waals surface area contributed by atoms with Crippen LogP contribution in [-0.4, -0.2) is 29.8 Å². The van der Waals surface area contributed by atoms with Gasteiger partial charge in [0.1, 0.15) is 11.6 Å². The molecule has 0 radical (unpaired) electrons. The molecule has 0 aliphatic carbocycles. The van der Waals surface area contributed by atoms with Crippen molar-refractivity contribution in [1.29, 1.82) is 0 Å². The fraction of sp³-hybridized carbons (Fsp3) is 0.545. The second kappa shape index (κ2) is 4.49. The van der Waals surface area contributed by atoms with Crippen molar-refractivity contribution in [3.8, 4) is 0 Å². The number of rotatable bonds is 2. The number of nitrogens with two attached hydrogens (primary N) is 1. The van der Waals surface area contributed by atoms with E-state index in [9.17, 15) is 0 Å². The smallest absolute Gasteiger partial charge is 0.130 e. The second-order valence-electron chi connectivity index (χ2n) is 4.06. The fourth-order valence-electron chi connectivity index (χ4n) is 2.04. The van der Waals surface area contributed by atoms with Crippen LogP contribution in [0.3, 0.4) is 0 Å². The summed E-state index contributed by atoms with van der Waals surface area (Å²) in [7, 11) is 0.